The molecular formula is C19H22N6O. The van der Waals surface area contributed by atoms with Crippen molar-refractivity contribution in [2.45, 2.75) is 13.3 Å². The summed E-state index contributed by atoms with van der Waals surface area (Å²) < 4.78 is 1.61. The van der Waals surface area contributed by atoms with Gasteiger partial charge in [-0.3, -0.25) is 9.69 Å². The third-order valence-corrected chi connectivity index (χ3v) is 4.84. The number of benzene rings is 1. The highest BCUT2D eigenvalue weighted by atomic mass is 16.2. The summed E-state index contributed by atoms with van der Waals surface area (Å²) in [7, 11) is 0. The summed E-state index contributed by atoms with van der Waals surface area (Å²) in [6, 6.07) is 12.4. The fourth-order valence-corrected chi connectivity index (χ4v) is 3.24. The SMILES string of the molecule is Cc1ccnc2nc(C(=O)N3CCN(CCc4ccccc4)CC3)nn12. The molecule has 1 amide bonds. The molecule has 0 spiro atoms. The summed E-state index contributed by atoms with van der Waals surface area (Å²) in [5, 5.41) is 4.32. The van der Waals surface area contributed by atoms with Crippen LogP contribution >= 0.6 is 0 Å². The quantitative estimate of drug-likeness (QED) is 0.712. The molecule has 134 valence electrons. The van der Waals surface area contributed by atoms with Crippen LogP contribution in [0, 0.1) is 6.92 Å². The average Bonchev–Trinajstić information content (AvgIpc) is 3.13. The van der Waals surface area contributed by atoms with Crippen LogP contribution in [0.15, 0.2) is 42.6 Å². The van der Waals surface area contributed by atoms with Crippen molar-refractivity contribution >= 4 is 11.7 Å². The molecule has 0 N–H and O–H groups in total. The van der Waals surface area contributed by atoms with Gasteiger partial charge in [0.1, 0.15) is 0 Å². The molecule has 26 heavy (non-hydrogen) atoms. The first-order valence-electron chi connectivity index (χ1n) is 8.94. The van der Waals surface area contributed by atoms with Crippen molar-refractivity contribution in [3.05, 3.63) is 59.7 Å². The Morgan fingerprint density at radius 1 is 1.08 bits per heavy atom. The van der Waals surface area contributed by atoms with Crippen LogP contribution in [0.5, 0.6) is 0 Å². The van der Waals surface area contributed by atoms with Gasteiger partial charge in [0.2, 0.25) is 5.82 Å². The Hall–Kier alpha value is -2.80. The predicted molar refractivity (Wildman–Crippen MR) is 98.0 cm³/mol. The fourth-order valence-electron chi connectivity index (χ4n) is 3.24. The van der Waals surface area contributed by atoms with E-state index < -0.39 is 0 Å². The van der Waals surface area contributed by atoms with Crippen LogP contribution in [0.1, 0.15) is 21.9 Å². The summed E-state index contributed by atoms with van der Waals surface area (Å²) in [6.07, 6.45) is 2.72. The molecule has 0 unspecified atom stereocenters. The van der Waals surface area contributed by atoms with Crippen LogP contribution in [0.3, 0.4) is 0 Å². The summed E-state index contributed by atoms with van der Waals surface area (Å²) in [6.45, 7) is 6.10. The van der Waals surface area contributed by atoms with E-state index in [1.54, 1.807) is 10.7 Å². The lowest BCUT2D eigenvalue weighted by Gasteiger charge is -2.34. The molecule has 1 fully saturated rings. The van der Waals surface area contributed by atoms with E-state index in [-0.39, 0.29) is 11.7 Å². The van der Waals surface area contributed by atoms with Gasteiger partial charge in [0.05, 0.1) is 0 Å². The second-order valence-corrected chi connectivity index (χ2v) is 6.60. The summed E-state index contributed by atoms with van der Waals surface area (Å²) in [4.78, 5) is 25.4. The number of nitrogens with zero attached hydrogens (tertiary/aromatic N) is 6. The zero-order chi connectivity index (χ0) is 17.9. The van der Waals surface area contributed by atoms with Crippen molar-refractivity contribution < 1.29 is 4.79 Å². The van der Waals surface area contributed by atoms with Gasteiger partial charge in [0.15, 0.2) is 0 Å². The van der Waals surface area contributed by atoms with Crippen molar-refractivity contribution in [1.29, 1.82) is 0 Å². The second kappa shape index (κ2) is 7.21. The molecular weight excluding hydrogens is 328 g/mol. The normalized spacial score (nSPS) is 15.5. The van der Waals surface area contributed by atoms with Gasteiger partial charge in [0.25, 0.3) is 11.7 Å². The van der Waals surface area contributed by atoms with Crippen LogP contribution in [0.25, 0.3) is 5.78 Å². The van der Waals surface area contributed by atoms with E-state index >= 15 is 0 Å². The minimum atomic E-state index is -0.113. The van der Waals surface area contributed by atoms with E-state index in [2.05, 4.69) is 44.2 Å². The molecule has 3 heterocycles. The topological polar surface area (TPSA) is 66.6 Å². The van der Waals surface area contributed by atoms with Crippen LogP contribution in [-0.4, -0.2) is 68.0 Å². The highest BCUT2D eigenvalue weighted by Gasteiger charge is 2.25. The van der Waals surface area contributed by atoms with Gasteiger partial charge >= 0.3 is 0 Å². The number of hydrogen-bond acceptors (Lipinski definition) is 5. The largest absolute Gasteiger partial charge is 0.333 e. The molecule has 7 heteroatoms. The molecule has 1 aliphatic heterocycles. The standard InChI is InChI=1S/C19H22N6O/c1-15-7-9-20-19-21-17(22-25(15)19)18(26)24-13-11-23(12-14-24)10-8-16-5-3-2-4-6-16/h2-7,9H,8,10-14H2,1H3. The number of fused-ring (bicyclic) bond motifs is 1. The van der Waals surface area contributed by atoms with E-state index in [4.69, 9.17) is 0 Å². The number of amides is 1. The maximum absolute atomic E-state index is 12.7. The zero-order valence-electron chi connectivity index (χ0n) is 14.9. The van der Waals surface area contributed by atoms with Gasteiger partial charge in [-0.2, -0.15) is 4.98 Å². The molecule has 3 aromatic rings. The molecule has 0 saturated carbocycles. The first kappa shape index (κ1) is 16.7. The van der Waals surface area contributed by atoms with Crippen LogP contribution in [0.2, 0.25) is 0 Å². The lowest BCUT2D eigenvalue weighted by Crippen LogP contribution is -2.49. The summed E-state index contributed by atoms with van der Waals surface area (Å²) in [5.74, 6) is 0.581. The Bertz CT molecular complexity index is 899. The minimum absolute atomic E-state index is 0.113. The van der Waals surface area contributed by atoms with Crippen molar-refractivity contribution in [2.24, 2.45) is 0 Å². The number of carbonyl (C=O) groups excluding carboxylic acids is 1. The molecule has 4 rings (SSSR count). The Morgan fingerprint density at radius 2 is 1.85 bits per heavy atom. The van der Waals surface area contributed by atoms with E-state index in [1.165, 1.54) is 5.56 Å². The van der Waals surface area contributed by atoms with E-state index in [9.17, 15) is 4.79 Å². The highest BCUT2D eigenvalue weighted by molar-refractivity contribution is 5.91. The first-order valence-corrected chi connectivity index (χ1v) is 8.94. The number of aromatic nitrogens is 4. The Labute approximate surface area is 152 Å². The Morgan fingerprint density at radius 3 is 2.58 bits per heavy atom. The van der Waals surface area contributed by atoms with Crippen LogP contribution in [-0.2, 0) is 6.42 Å². The maximum atomic E-state index is 12.7. The monoisotopic (exact) mass is 350 g/mol. The number of hydrogen-bond donors (Lipinski definition) is 0. The van der Waals surface area contributed by atoms with Gasteiger partial charge in [-0.1, -0.05) is 30.3 Å². The van der Waals surface area contributed by atoms with Gasteiger partial charge in [-0.05, 0) is 25.0 Å². The molecule has 7 nitrogen and oxygen atoms in total. The van der Waals surface area contributed by atoms with Gasteiger partial charge < -0.3 is 4.90 Å². The van der Waals surface area contributed by atoms with Gasteiger partial charge in [-0.15, -0.1) is 5.10 Å². The highest BCUT2D eigenvalue weighted by Crippen LogP contribution is 2.09. The minimum Gasteiger partial charge on any atom is -0.333 e. The summed E-state index contributed by atoms with van der Waals surface area (Å²) in [5.41, 5.74) is 2.26. The van der Waals surface area contributed by atoms with Crippen molar-refractivity contribution in [3.8, 4) is 0 Å². The number of carbonyl (C=O) groups is 1. The second-order valence-electron chi connectivity index (χ2n) is 6.60. The number of rotatable bonds is 4. The fraction of sp³-hybridized carbons (Fsp3) is 0.368. The lowest BCUT2D eigenvalue weighted by atomic mass is 10.1. The maximum Gasteiger partial charge on any atom is 0.293 e. The van der Waals surface area contributed by atoms with Crippen LogP contribution < -0.4 is 0 Å². The number of aryl methyl sites for hydroxylation is 1. The smallest absolute Gasteiger partial charge is 0.293 e. The predicted octanol–water partition coefficient (Wildman–Crippen LogP) is 1.43. The van der Waals surface area contributed by atoms with Crippen molar-refractivity contribution in [1.82, 2.24) is 29.4 Å². The molecule has 1 aromatic carbocycles. The van der Waals surface area contributed by atoms with Gasteiger partial charge in [-0.25, -0.2) is 9.50 Å². The van der Waals surface area contributed by atoms with E-state index in [1.807, 2.05) is 24.0 Å². The third-order valence-electron chi connectivity index (χ3n) is 4.84. The van der Waals surface area contributed by atoms with E-state index in [0.717, 1.165) is 31.7 Å². The van der Waals surface area contributed by atoms with Crippen molar-refractivity contribution in [2.75, 3.05) is 32.7 Å². The van der Waals surface area contributed by atoms with Crippen LogP contribution in [0.4, 0.5) is 0 Å². The van der Waals surface area contributed by atoms with E-state index in [0.29, 0.717) is 18.9 Å². The number of piperazine rings is 1. The molecule has 0 aliphatic carbocycles. The third kappa shape index (κ3) is 3.43. The van der Waals surface area contributed by atoms with Crippen molar-refractivity contribution in [3.63, 3.8) is 0 Å². The first-order chi connectivity index (χ1) is 12.7. The van der Waals surface area contributed by atoms with Gasteiger partial charge in [0, 0.05) is 44.6 Å². The molecule has 0 atom stereocenters. The molecule has 0 radical (unpaired) electrons. The Kier molecular flexibility index (Phi) is 4.62. The molecule has 2 aromatic heterocycles. The molecule has 1 aliphatic rings. The lowest BCUT2D eigenvalue weighted by molar-refractivity contribution is 0.0627. The molecule has 1 saturated heterocycles. The Balaban J connectivity index is 1.35. The zero-order valence-corrected chi connectivity index (χ0v) is 14.9. The molecule has 0 bridgehead atoms. The summed E-state index contributed by atoms with van der Waals surface area (Å²) >= 11 is 0. The average molecular weight is 350 g/mol.